The monoisotopic (exact) mass is 389 g/mol. The second kappa shape index (κ2) is 7.77. The molecule has 1 aliphatic rings. The highest BCUT2D eigenvalue weighted by Gasteiger charge is 2.14. The summed E-state index contributed by atoms with van der Waals surface area (Å²) in [6.07, 6.45) is 5.34. The number of ether oxygens (including phenoxy) is 1. The zero-order valence-electron chi connectivity index (χ0n) is 11.3. The summed E-state index contributed by atoms with van der Waals surface area (Å²) in [6, 6.07) is 6.69. The molecule has 1 N–H and O–H groups in total. The summed E-state index contributed by atoms with van der Waals surface area (Å²) in [4.78, 5) is 0. The van der Waals surface area contributed by atoms with Gasteiger partial charge in [0.25, 0.3) is 0 Å². The second-order valence-corrected chi connectivity index (χ2v) is 6.89. The Morgan fingerprint density at radius 2 is 2.21 bits per heavy atom. The summed E-state index contributed by atoms with van der Waals surface area (Å²) in [5.41, 5.74) is 1.30. The van der Waals surface area contributed by atoms with Gasteiger partial charge in [-0.25, -0.2) is 0 Å². The highest BCUT2D eigenvalue weighted by atomic mass is 79.9. The molecular formula is C15H21Br2NO. The molecule has 1 aromatic carbocycles. The van der Waals surface area contributed by atoms with Gasteiger partial charge in [0.1, 0.15) is 0 Å². The zero-order valence-corrected chi connectivity index (χ0v) is 14.5. The molecule has 1 heterocycles. The average molecular weight is 391 g/mol. The van der Waals surface area contributed by atoms with Crippen molar-refractivity contribution in [3.8, 4) is 0 Å². The number of rotatable bonds is 5. The molecule has 0 aliphatic carbocycles. The first-order valence-corrected chi connectivity index (χ1v) is 8.55. The fourth-order valence-electron chi connectivity index (χ4n) is 2.46. The second-order valence-electron chi connectivity index (χ2n) is 5.12. The van der Waals surface area contributed by atoms with Crippen LogP contribution in [0.2, 0.25) is 0 Å². The van der Waals surface area contributed by atoms with E-state index < -0.39 is 0 Å². The van der Waals surface area contributed by atoms with Gasteiger partial charge in [0.05, 0.1) is 6.10 Å². The van der Waals surface area contributed by atoms with Crippen LogP contribution in [0.1, 0.15) is 44.2 Å². The molecule has 1 aromatic rings. The summed E-state index contributed by atoms with van der Waals surface area (Å²) in [6.45, 7) is 4.16. The summed E-state index contributed by atoms with van der Waals surface area (Å²) in [5.74, 6) is 0. The predicted octanol–water partition coefficient (Wildman–Crippen LogP) is 4.82. The molecule has 2 nitrogen and oxygen atoms in total. The van der Waals surface area contributed by atoms with E-state index in [9.17, 15) is 0 Å². The van der Waals surface area contributed by atoms with Crippen molar-refractivity contribution in [3.63, 3.8) is 0 Å². The third-order valence-corrected chi connectivity index (χ3v) is 4.80. The lowest BCUT2D eigenvalue weighted by atomic mass is 10.1. The van der Waals surface area contributed by atoms with Crippen LogP contribution in [-0.4, -0.2) is 19.3 Å². The first-order valence-electron chi connectivity index (χ1n) is 6.97. The Labute approximate surface area is 132 Å². The largest absolute Gasteiger partial charge is 0.378 e. The van der Waals surface area contributed by atoms with Crippen molar-refractivity contribution >= 4 is 31.9 Å². The molecule has 106 valence electrons. The van der Waals surface area contributed by atoms with Crippen LogP contribution in [0.5, 0.6) is 0 Å². The van der Waals surface area contributed by atoms with Crippen LogP contribution >= 0.6 is 31.9 Å². The first-order chi connectivity index (χ1) is 9.16. The van der Waals surface area contributed by atoms with Crippen molar-refractivity contribution in [2.75, 3.05) is 13.2 Å². The van der Waals surface area contributed by atoms with E-state index in [0.717, 1.165) is 28.5 Å². The summed E-state index contributed by atoms with van der Waals surface area (Å²) < 4.78 is 8.00. The Morgan fingerprint density at radius 3 is 2.89 bits per heavy atom. The summed E-state index contributed by atoms with van der Waals surface area (Å²) >= 11 is 7.10. The molecule has 0 spiro atoms. The van der Waals surface area contributed by atoms with E-state index in [0.29, 0.717) is 12.1 Å². The van der Waals surface area contributed by atoms with E-state index in [4.69, 9.17) is 4.74 Å². The topological polar surface area (TPSA) is 21.3 Å². The van der Waals surface area contributed by atoms with Gasteiger partial charge in [0.15, 0.2) is 0 Å². The SMILES string of the molecule is CC(NCCC1CCCCO1)c1ccc(Br)cc1Br. The lowest BCUT2D eigenvalue weighted by Gasteiger charge is -2.23. The lowest BCUT2D eigenvalue weighted by Crippen LogP contribution is -2.27. The molecule has 2 atom stereocenters. The number of halogens is 2. The molecule has 0 saturated carbocycles. The van der Waals surface area contributed by atoms with Crippen molar-refractivity contribution in [1.29, 1.82) is 0 Å². The molecular weight excluding hydrogens is 370 g/mol. The van der Waals surface area contributed by atoms with E-state index in [1.54, 1.807) is 0 Å². The Morgan fingerprint density at radius 1 is 1.37 bits per heavy atom. The molecule has 2 rings (SSSR count). The van der Waals surface area contributed by atoms with Gasteiger partial charge in [0.2, 0.25) is 0 Å². The van der Waals surface area contributed by atoms with Crippen molar-refractivity contribution in [3.05, 3.63) is 32.7 Å². The van der Waals surface area contributed by atoms with E-state index >= 15 is 0 Å². The number of nitrogens with one attached hydrogen (secondary N) is 1. The zero-order chi connectivity index (χ0) is 13.7. The van der Waals surface area contributed by atoms with Crippen LogP contribution in [0.4, 0.5) is 0 Å². The third-order valence-electron chi connectivity index (χ3n) is 3.62. The van der Waals surface area contributed by atoms with Crippen molar-refractivity contribution in [2.24, 2.45) is 0 Å². The van der Waals surface area contributed by atoms with E-state index in [1.165, 1.54) is 24.8 Å². The van der Waals surface area contributed by atoms with Crippen LogP contribution in [0.3, 0.4) is 0 Å². The predicted molar refractivity (Wildman–Crippen MR) is 86.5 cm³/mol. The molecule has 4 heteroatoms. The van der Waals surface area contributed by atoms with Crippen molar-refractivity contribution in [1.82, 2.24) is 5.32 Å². The highest BCUT2D eigenvalue weighted by molar-refractivity contribution is 9.11. The van der Waals surface area contributed by atoms with Crippen LogP contribution in [0, 0.1) is 0 Å². The molecule has 0 amide bonds. The van der Waals surface area contributed by atoms with Gasteiger partial charge in [0, 0.05) is 21.6 Å². The van der Waals surface area contributed by atoms with Crippen molar-refractivity contribution in [2.45, 2.75) is 44.8 Å². The van der Waals surface area contributed by atoms with Crippen LogP contribution < -0.4 is 5.32 Å². The van der Waals surface area contributed by atoms with Crippen molar-refractivity contribution < 1.29 is 4.74 Å². The van der Waals surface area contributed by atoms with Gasteiger partial charge in [-0.15, -0.1) is 0 Å². The van der Waals surface area contributed by atoms with Gasteiger partial charge < -0.3 is 10.1 Å². The Kier molecular flexibility index (Phi) is 6.33. The van der Waals surface area contributed by atoms with Gasteiger partial charge >= 0.3 is 0 Å². The molecule has 1 fully saturated rings. The molecule has 1 aliphatic heterocycles. The van der Waals surface area contributed by atoms with E-state index in [2.05, 4.69) is 62.3 Å². The molecule has 0 radical (unpaired) electrons. The number of benzene rings is 1. The Hall–Kier alpha value is 0.1000. The fourth-order valence-corrected chi connectivity index (χ4v) is 3.85. The Bertz CT molecular complexity index is 405. The maximum atomic E-state index is 5.75. The number of hydrogen-bond donors (Lipinski definition) is 1. The van der Waals surface area contributed by atoms with Crippen LogP contribution in [0.25, 0.3) is 0 Å². The van der Waals surface area contributed by atoms with E-state index in [1.807, 2.05) is 0 Å². The van der Waals surface area contributed by atoms with Gasteiger partial charge in [-0.05, 0) is 56.8 Å². The maximum absolute atomic E-state index is 5.75. The Balaban J connectivity index is 1.78. The fraction of sp³-hybridized carbons (Fsp3) is 0.600. The number of hydrogen-bond acceptors (Lipinski definition) is 2. The third kappa shape index (κ3) is 4.85. The van der Waals surface area contributed by atoms with Crippen LogP contribution in [-0.2, 0) is 4.74 Å². The maximum Gasteiger partial charge on any atom is 0.0587 e. The van der Waals surface area contributed by atoms with Gasteiger partial charge in [-0.2, -0.15) is 0 Å². The molecule has 19 heavy (non-hydrogen) atoms. The molecule has 0 aromatic heterocycles. The molecule has 2 unspecified atom stereocenters. The van der Waals surface area contributed by atoms with E-state index in [-0.39, 0.29) is 0 Å². The standard InChI is InChI=1S/C15H21Br2NO/c1-11(14-6-5-12(16)10-15(14)17)18-8-7-13-4-2-3-9-19-13/h5-6,10-11,13,18H,2-4,7-9H2,1H3. The van der Waals surface area contributed by atoms with Crippen LogP contribution in [0.15, 0.2) is 27.1 Å². The molecule has 0 bridgehead atoms. The average Bonchev–Trinajstić information content (AvgIpc) is 2.39. The minimum absolute atomic E-state index is 0.353. The molecule has 1 saturated heterocycles. The normalized spacial score (nSPS) is 21.3. The van der Waals surface area contributed by atoms with Gasteiger partial charge in [-0.3, -0.25) is 0 Å². The summed E-state index contributed by atoms with van der Waals surface area (Å²) in [5, 5.41) is 3.58. The quantitative estimate of drug-likeness (QED) is 0.777. The first kappa shape index (κ1) is 15.5. The minimum atomic E-state index is 0.353. The van der Waals surface area contributed by atoms with Gasteiger partial charge in [-0.1, -0.05) is 37.9 Å². The minimum Gasteiger partial charge on any atom is -0.378 e. The highest BCUT2D eigenvalue weighted by Crippen LogP contribution is 2.26. The smallest absolute Gasteiger partial charge is 0.0587 e. The lowest BCUT2D eigenvalue weighted by molar-refractivity contribution is 0.0112. The summed E-state index contributed by atoms with van der Waals surface area (Å²) in [7, 11) is 0.